The van der Waals surface area contributed by atoms with Crippen LogP contribution in [-0.4, -0.2) is 61.8 Å². The molecule has 2 N–H and O–H groups in total. The standard InChI is InChI=1S/C5H9NO2.C5H11NO2/c7-5(8)4-2-1-3-6-4;1-6(2,3)4-5(7)8/h4,6H,1-3H2,(H,7,8);4H2,1-3H3/t4-;/m0./s1. The SMILES string of the molecule is C[N+](C)(C)CC(=O)[O-].O=C(O)[C@@H]1CCCN1. The van der Waals surface area contributed by atoms with Crippen LogP contribution in [0.2, 0.25) is 0 Å². The van der Waals surface area contributed by atoms with Crippen molar-refractivity contribution in [2.45, 2.75) is 18.9 Å². The van der Waals surface area contributed by atoms with Crippen LogP contribution < -0.4 is 10.4 Å². The number of nitrogens with one attached hydrogen (secondary N) is 1. The molecule has 0 unspecified atom stereocenters. The lowest BCUT2D eigenvalue weighted by Crippen LogP contribution is -2.45. The molecule has 1 saturated heterocycles. The number of likely N-dealkylation sites (N-methyl/N-ethyl adjacent to an activating group) is 1. The summed E-state index contributed by atoms with van der Waals surface area (Å²) in [6, 6.07) is -0.269. The zero-order valence-electron chi connectivity index (χ0n) is 10.0. The molecular formula is C10H20N2O4. The average Bonchev–Trinajstić information content (AvgIpc) is 2.50. The average molecular weight is 232 g/mol. The van der Waals surface area contributed by atoms with E-state index in [4.69, 9.17) is 5.11 Å². The van der Waals surface area contributed by atoms with Crippen molar-refractivity contribution in [3.8, 4) is 0 Å². The topological polar surface area (TPSA) is 89.5 Å². The number of carboxylic acids is 2. The summed E-state index contributed by atoms with van der Waals surface area (Å²) in [7, 11) is 5.40. The van der Waals surface area contributed by atoms with Crippen molar-refractivity contribution >= 4 is 11.9 Å². The van der Waals surface area contributed by atoms with Gasteiger partial charge in [-0.05, 0) is 19.4 Å². The summed E-state index contributed by atoms with van der Waals surface area (Å²) in [6.45, 7) is 0.928. The first-order valence-corrected chi connectivity index (χ1v) is 5.19. The molecule has 1 atom stereocenters. The van der Waals surface area contributed by atoms with Gasteiger partial charge in [0, 0.05) is 0 Å². The molecule has 94 valence electrons. The smallest absolute Gasteiger partial charge is 0.320 e. The molecule has 0 aromatic rings. The largest absolute Gasteiger partial charge is 0.544 e. The second-order valence-electron chi connectivity index (χ2n) is 4.81. The maximum Gasteiger partial charge on any atom is 0.320 e. The van der Waals surface area contributed by atoms with E-state index in [2.05, 4.69) is 5.32 Å². The Bertz CT molecular complexity index is 242. The first-order chi connectivity index (χ1) is 7.22. The molecule has 0 aromatic carbocycles. The number of nitrogens with zero attached hydrogens (tertiary/aromatic N) is 1. The van der Waals surface area contributed by atoms with Crippen LogP contribution in [0.5, 0.6) is 0 Å². The highest BCUT2D eigenvalue weighted by molar-refractivity contribution is 5.73. The second kappa shape index (κ2) is 6.44. The van der Waals surface area contributed by atoms with E-state index in [0.29, 0.717) is 4.48 Å². The summed E-state index contributed by atoms with van der Waals surface area (Å²) >= 11 is 0. The van der Waals surface area contributed by atoms with E-state index in [-0.39, 0.29) is 12.6 Å². The molecule has 0 spiro atoms. The Kier molecular flexibility index (Phi) is 5.98. The molecule has 0 saturated carbocycles. The van der Waals surface area contributed by atoms with Gasteiger partial charge in [0.05, 0.1) is 27.1 Å². The van der Waals surface area contributed by atoms with Gasteiger partial charge in [-0.2, -0.15) is 0 Å². The van der Waals surface area contributed by atoms with E-state index in [1.807, 2.05) is 0 Å². The van der Waals surface area contributed by atoms with E-state index < -0.39 is 11.9 Å². The molecule has 0 amide bonds. The minimum absolute atomic E-state index is 0.0694. The fourth-order valence-corrected chi connectivity index (χ4v) is 1.28. The summed E-state index contributed by atoms with van der Waals surface area (Å²) < 4.78 is 0.419. The van der Waals surface area contributed by atoms with Crippen molar-refractivity contribution < 1.29 is 24.3 Å². The van der Waals surface area contributed by atoms with Gasteiger partial charge in [0.25, 0.3) is 0 Å². The minimum atomic E-state index is -1.00. The number of carbonyl (C=O) groups is 2. The van der Waals surface area contributed by atoms with Gasteiger partial charge in [-0.15, -0.1) is 0 Å². The van der Waals surface area contributed by atoms with Crippen molar-refractivity contribution in [1.29, 1.82) is 0 Å². The second-order valence-corrected chi connectivity index (χ2v) is 4.81. The monoisotopic (exact) mass is 232 g/mol. The lowest BCUT2D eigenvalue weighted by molar-refractivity contribution is -0.864. The minimum Gasteiger partial charge on any atom is -0.544 e. The molecule has 0 aromatic heterocycles. The van der Waals surface area contributed by atoms with Crippen LogP contribution in [0.1, 0.15) is 12.8 Å². The van der Waals surface area contributed by atoms with Gasteiger partial charge in [-0.25, -0.2) is 0 Å². The molecule has 6 nitrogen and oxygen atoms in total. The highest BCUT2D eigenvalue weighted by Crippen LogP contribution is 2.03. The van der Waals surface area contributed by atoms with E-state index in [9.17, 15) is 14.7 Å². The fraction of sp³-hybridized carbons (Fsp3) is 0.800. The van der Waals surface area contributed by atoms with Gasteiger partial charge in [-0.1, -0.05) is 0 Å². The third-order valence-electron chi connectivity index (χ3n) is 1.96. The zero-order valence-corrected chi connectivity index (χ0v) is 10.0. The fourth-order valence-electron chi connectivity index (χ4n) is 1.28. The maximum atomic E-state index is 10.1. The quantitative estimate of drug-likeness (QED) is 0.564. The van der Waals surface area contributed by atoms with Crippen LogP contribution in [0.15, 0.2) is 0 Å². The van der Waals surface area contributed by atoms with Crippen molar-refractivity contribution in [3.05, 3.63) is 0 Å². The Labute approximate surface area is 95.5 Å². The van der Waals surface area contributed by atoms with Crippen LogP contribution in [0, 0.1) is 0 Å². The summed E-state index contributed by atoms with van der Waals surface area (Å²) in [6.07, 6.45) is 1.78. The number of hydrogen-bond acceptors (Lipinski definition) is 4. The molecule has 1 fully saturated rings. The molecule has 1 aliphatic rings. The molecular weight excluding hydrogens is 212 g/mol. The van der Waals surface area contributed by atoms with E-state index in [0.717, 1.165) is 19.4 Å². The molecule has 1 heterocycles. The molecule has 0 bridgehead atoms. The first kappa shape index (κ1) is 14.9. The number of quaternary nitrogens is 1. The Hall–Kier alpha value is -1.14. The number of carbonyl (C=O) groups excluding carboxylic acids is 1. The molecule has 1 rings (SSSR count). The molecule has 1 aliphatic heterocycles. The highest BCUT2D eigenvalue weighted by atomic mass is 16.4. The Morgan fingerprint density at radius 2 is 2.00 bits per heavy atom. The number of rotatable bonds is 3. The van der Waals surface area contributed by atoms with Crippen molar-refractivity contribution in [3.63, 3.8) is 0 Å². The maximum absolute atomic E-state index is 10.1. The van der Waals surface area contributed by atoms with Gasteiger partial charge in [0.15, 0.2) is 0 Å². The Morgan fingerprint density at radius 1 is 1.44 bits per heavy atom. The third-order valence-corrected chi connectivity index (χ3v) is 1.96. The van der Waals surface area contributed by atoms with Gasteiger partial charge in [0.2, 0.25) is 0 Å². The summed E-state index contributed by atoms with van der Waals surface area (Å²) in [5.41, 5.74) is 0. The normalized spacial score (nSPS) is 19.8. The summed E-state index contributed by atoms with van der Waals surface area (Å²) in [4.78, 5) is 20.0. The lowest BCUT2D eigenvalue weighted by atomic mass is 10.2. The Balaban J connectivity index is 0.000000281. The van der Waals surface area contributed by atoms with Gasteiger partial charge in [0.1, 0.15) is 12.6 Å². The van der Waals surface area contributed by atoms with E-state index >= 15 is 0 Å². The van der Waals surface area contributed by atoms with Crippen molar-refractivity contribution in [2.24, 2.45) is 0 Å². The van der Waals surface area contributed by atoms with Gasteiger partial charge in [-0.3, -0.25) is 4.79 Å². The van der Waals surface area contributed by atoms with Gasteiger partial charge >= 0.3 is 5.97 Å². The van der Waals surface area contributed by atoms with E-state index in [1.54, 1.807) is 21.1 Å². The molecule has 0 radical (unpaired) electrons. The number of aliphatic carboxylic acids is 2. The summed E-state index contributed by atoms with van der Waals surface area (Å²) in [5, 5.41) is 21.1. The predicted molar refractivity (Wildman–Crippen MR) is 56.6 cm³/mol. The molecule has 0 aliphatic carbocycles. The number of hydrogen-bond donors (Lipinski definition) is 2. The van der Waals surface area contributed by atoms with Gasteiger partial charge < -0.3 is 24.8 Å². The lowest BCUT2D eigenvalue weighted by Gasteiger charge is -2.23. The van der Waals surface area contributed by atoms with Crippen LogP contribution in [-0.2, 0) is 9.59 Å². The van der Waals surface area contributed by atoms with Crippen molar-refractivity contribution in [2.75, 3.05) is 34.2 Å². The Morgan fingerprint density at radius 3 is 2.12 bits per heavy atom. The molecule has 16 heavy (non-hydrogen) atoms. The van der Waals surface area contributed by atoms with E-state index in [1.165, 1.54) is 0 Å². The highest BCUT2D eigenvalue weighted by Gasteiger charge is 2.20. The van der Waals surface area contributed by atoms with Crippen molar-refractivity contribution in [1.82, 2.24) is 5.32 Å². The first-order valence-electron chi connectivity index (χ1n) is 5.19. The zero-order chi connectivity index (χ0) is 12.8. The van der Waals surface area contributed by atoms with Crippen LogP contribution >= 0.6 is 0 Å². The van der Waals surface area contributed by atoms with Crippen LogP contribution in [0.4, 0.5) is 0 Å². The molecule has 6 heteroatoms. The van der Waals surface area contributed by atoms with Crippen LogP contribution in [0.3, 0.4) is 0 Å². The predicted octanol–water partition coefficient (Wildman–Crippen LogP) is -1.73. The summed E-state index contributed by atoms with van der Waals surface area (Å²) in [5.74, 6) is -1.72. The third kappa shape index (κ3) is 8.19. The van der Waals surface area contributed by atoms with Crippen LogP contribution in [0.25, 0.3) is 0 Å². The number of carboxylic acid groups (broad SMARTS) is 2.